The standard InChI is InChI=1S/C22H28N2O5/c1-3-15-8-6-7-14(2)20(15)23-18(25)13-29-19(26)11-12-24-21(27)16-9-4-5-10-17(16)22(24)28/h6-8,16-17H,3-5,9-13H2,1-2H3,(H,23,25)/t16-,17-/m1/s1. The van der Waals surface area contributed by atoms with Gasteiger partial charge in [-0.05, 0) is 37.3 Å². The number of carbonyl (C=O) groups is 4. The number of likely N-dealkylation sites (tertiary alicyclic amines) is 1. The molecule has 1 heterocycles. The number of aryl methyl sites for hydroxylation is 2. The van der Waals surface area contributed by atoms with Gasteiger partial charge in [0.2, 0.25) is 11.8 Å². The second kappa shape index (κ2) is 9.20. The first-order valence-electron chi connectivity index (χ1n) is 10.3. The van der Waals surface area contributed by atoms with E-state index in [-0.39, 0.29) is 36.6 Å². The molecule has 2 atom stereocenters. The average molecular weight is 400 g/mol. The molecule has 1 N–H and O–H groups in total. The molecule has 1 aromatic carbocycles. The number of anilines is 1. The maximum atomic E-state index is 12.4. The third-order valence-electron chi connectivity index (χ3n) is 5.84. The fourth-order valence-corrected chi connectivity index (χ4v) is 4.25. The lowest BCUT2D eigenvalue weighted by atomic mass is 9.81. The zero-order valence-corrected chi connectivity index (χ0v) is 17.0. The molecular weight excluding hydrogens is 372 g/mol. The first kappa shape index (κ1) is 21.0. The minimum atomic E-state index is -0.601. The number of ether oxygens (including phenoxy) is 1. The molecule has 7 nitrogen and oxygen atoms in total. The van der Waals surface area contributed by atoms with Crippen molar-refractivity contribution in [2.45, 2.75) is 52.4 Å². The van der Waals surface area contributed by atoms with Gasteiger partial charge in [-0.25, -0.2) is 0 Å². The molecule has 29 heavy (non-hydrogen) atoms. The molecule has 3 rings (SSSR count). The average Bonchev–Trinajstić information content (AvgIpc) is 2.96. The van der Waals surface area contributed by atoms with Gasteiger partial charge in [0.05, 0.1) is 18.3 Å². The van der Waals surface area contributed by atoms with Gasteiger partial charge in [-0.15, -0.1) is 0 Å². The van der Waals surface area contributed by atoms with Gasteiger partial charge >= 0.3 is 5.97 Å². The number of carbonyl (C=O) groups excluding carboxylic acids is 4. The number of imide groups is 1. The Hall–Kier alpha value is -2.70. The van der Waals surface area contributed by atoms with E-state index in [2.05, 4.69) is 5.32 Å². The van der Waals surface area contributed by atoms with E-state index in [9.17, 15) is 19.2 Å². The largest absolute Gasteiger partial charge is 0.456 e. The summed E-state index contributed by atoms with van der Waals surface area (Å²) in [6.07, 6.45) is 4.09. The van der Waals surface area contributed by atoms with Crippen molar-refractivity contribution in [2.24, 2.45) is 11.8 Å². The molecular formula is C22H28N2O5. The molecule has 7 heteroatoms. The van der Waals surface area contributed by atoms with Crippen molar-refractivity contribution in [3.63, 3.8) is 0 Å². The third kappa shape index (κ3) is 4.66. The maximum Gasteiger partial charge on any atom is 0.308 e. The number of amides is 3. The minimum absolute atomic E-state index is 0.0168. The summed E-state index contributed by atoms with van der Waals surface area (Å²) in [5.41, 5.74) is 2.70. The second-order valence-electron chi connectivity index (χ2n) is 7.75. The van der Waals surface area contributed by atoms with Crippen molar-refractivity contribution in [1.29, 1.82) is 0 Å². The molecule has 1 saturated carbocycles. The molecule has 0 spiro atoms. The molecule has 2 aliphatic rings. The molecule has 0 radical (unpaired) electrons. The second-order valence-corrected chi connectivity index (χ2v) is 7.75. The maximum absolute atomic E-state index is 12.4. The number of nitrogens with one attached hydrogen (secondary N) is 1. The van der Waals surface area contributed by atoms with Crippen LogP contribution in [0.5, 0.6) is 0 Å². The van der Waals surface area contributed by atoms with Crippen LogP contribution < -0.4 is 5.32 Å². The van der Waals surface area contributed by atoms with E-state index in [0.29, 0.717) is 0 Å². The summed E-state index contributed by atoms with van der Waals surface area (Å²) in [6, 6.07) is 5.78. The van der Waals surface area contributed by atoms with Gasteiger partial charge < -0.3 is 10.1 Å². The Morgan fingerprint density at radius 3 is 2.41 bits per heavy atom. The van der Waals surface area contributed by atoms with Crippen LogP contribution in [0.4, 0.5) is 5.69 Å². The Balaban J connectivity index is 1.46. The highest BCUT2D eigenvalue weighted by Crippen LogP contribution is 2.37. The predicted octanol–water partition coefficient (Wildman–Crippen LogP) is 2.60. The summed E-state index contributed by atoms with van der Waals surface area (Å²) in [7, 11) is 0. The predicted molar refractivity (Wildman–Crippen MR) is 107 cm³/mol. The quantitative estimate of drug-likeness (QED) is 0.561. The van der Waals surface area contributed by atoms with E-state index in [4.69, 9.17) is 4.74 Å². The van der Waals surface area contributed by atoms with Crippen molar-refractivity contribution >= 4 is 29.4 Å². The normalized spacial score (nSPS) is 21.1. The first-order valence-corrected chi connectivity index (χ1v) is 10.3. The third-order valence-corrected chi connectivity index (χ3v) is 5.84. The van der Waals surface area contributed by atoms with Crippen LogP contribution in [0.15, 0.2) is 18.2 Å². The lowest BCUT2D eigenvalue weighted by molar-refractivity contribution is -0.148. The fraction of sp³-hybridized carbons (Fsp3) is 0.545. The van der Waals surface area contributed by atoms with Crippen molar-refractivity contribution in [3.05, 3.63) is 29.3 Å². The van der Waals surface area contributed by atoms with Gasteiger partial charge in [0.25, 0.3) is 5.91 Å². The van der Waals surface area contributed by atoms with Crippen molar-refractivity contribution in [1.82, 2.24) is 4.90 Å². The molecule has 2 fully saturated rings. The zero-order chi connectivity index (χ0) is 21.0. The van der Waals surface area contributed by atoms with Crippen LogP contribution in [0, 0.1) is 18.8 Å². The van der Waals surface area contributed by atoms with Gasteiger partial charge in [0, 0.05) is 12.2 Å². The van der Waals surface area contributed by atoms with Crippen LogP contribution in [0.3, 0.4) is 0 Å². The van der Waals surface area contributed by atoms with Gasteiger partial charge in [-0.1, -0.05) is 38.0 Å². The number of benzene rings is 1. The van der Waals surface area contributed by atoms with E-state index in [1.165, 1.54) is 4.90 Å². The highest BCUT2D eigenvalue weighted by molar-refractivity contribution is 6.05. The highest BCUT2D eigenvalue weighted by atomic mass is 16.5. The fourth-order valence-electron chi connectivity index (χ4n) is 4.25. The minimum Gasteiger partial charge on any atom is -0.456 e. The lowest BCUT2D eigenvalue weighted by Gasteiger charge is -2.19. The smallest absolute Gasteiger partial charge is 0.308 e. The molecule has 1 aliphatic heterocycles. The van der Waals surface area contributed by atoms with Crippen molar-refractivity contribution < 1.29 is 23.9 Å². The molecule has 0 aromatic heterocycles. The summed E-state index contributed by atoms with van der Waals surface area (Å²) >= 11 is 0. The monoisotopic (exact) mass is 400 g/mol. The van der Waals surface area contributed by atoms with Crippen molar-refractivity contribution in [3.8, 4) is 0 Å². The zero-order valence-electron chi connectivity index (χ0n) is 17.0. The van der Waals surface area contributed by atoms with Crippen LogP contribution in [0.1, 0.15) is 50.2 Å². The van der Waals surface area contributed by atoms with E-state index in [0.717, 1.165) is 48.9 Å². The summed E-state index contributed by atoms with van der Waals surface area (Å²) < 4.78 is 5.04. The highest BCUT2D eigenvalue weighted by Gasteiger charge is 2.47. The number of hydrogen-bond acceptors (Lipinski definition) is 5. The van der Waals surface area contributed by atoms with Crippen LogP contribution in [-0.4, -0.2) is 41.7 Å². The van der Waals surface area contributed by atoms with Crippen LogP contribution in [0.2, 0.25) is 0 Å². The summed E-state index contributed by atoms with van der Waals surface area (Å²) in [5, 5.41) is 2.80. The summed E-state index contributed by atoms with van der Waals surface area (Å²) in [5.74, 6) is -1.80. The molecule has 1 aliphatic carbocycles. The number of rotatable bonds is 7. The number of hydrogen-bond donors (Lipinski definition) is 1. The number of para-hydroxylation sites is 1. The first-order chi connectivity index (χ1) is 13.9. The van der Waals surface area contributed by atoms with E-state index in [1.54, 1.807) is 0 Å². The Morgan fingerprint density at radius 2 is 1.79 bits per heavy atom. The molecule has 0 unspecified atom stereocenters. The van der Waals surface area contributed by atoms with E-state index >= 15 is 0 Å². The van der Waals surface area contributed by atoms with Crippen LogP contribution >= 0.6 is 0 Å². The van der Waals surface area contributed by atoms with Crippen molar-refractivity contribution in [2.75, 3.05) is 18.5 Å². The Morgan fingerprint density at radius 1 is 1.14 bits per heavy atom. The van der Waals surface area contributed by atoms with Gasteiger partial charge in [-0.3, -0.25) is 24.1 Å². The molecule has 0 bridgehead atoms. The lowest BCUT2D eigenvalue weighted by Crippen LogP contribution is -2.33. The summed E-state index contributed by atoms with van der Waals surface area (Å²) in [4.78, 5) is 50.2. The van der Waals surface area contributed by atoms with Gasteiger partial charge in [0.1, 0.15) is 0 Å². The number of fused-ring (bicyclic) bond motifs is 1. The molecule has 1 aromatic rings. The van der Waals surface area contributed by atoms with Gasteiger partial charge in [-0.2, -0.15) is 0 Å². The Bertz CT molecular complexity index is 795. The summed E-state index contributed by atoms with van der Waals surface area (Å²) in [6.45, 7) is 3.52. The molecule has 156 valence electrons. The SMILES string of the molecule is CCc1cccc(C)c1NC(=O)COC(=O)CCN1C(=O)[C@@H]2CCCC[C@H]2C1=O. The Labute approximate surface area is 170 Å². The van der Waals surface area contributed by atoms with Gasteiger partial charge in [0.15, 0.2) is 6.61 Å². The number of nitrogens with zero attached hydrogens (tertiary/aromatic N) is 1. The Kier molecular flexibility index (Phi) is 6.67. The van der Waals surface area contributed by atoms with Crippen LogP contribution in [-0.2, 0) is 30.3 Å². The molecule has 3 amide bonds. The van der Waals surface area contributed by atoms with Crippen LogP contribution in [0.25, 0.3) is 0 Å². The topological polar surface area (TPSA) is 92.8 Å². The number of esters is 1. The van der Waals surface area contributed by atoms with E-state index < -0.39 is 18.5 Å². The molecule has 1 saturated heterocycles. The van der Waals surface area contributed by atoms with E-state index in [1.807, 2.05) is 32.0 Å².